The number of aromatic nitrogens is 1. The van der Waals surface area contributed by atoms with Crippen LogP contribution >= 0.6 is 0 Å². The Morgan fingerprint density at radius 3 is 2.74 bits per heavy atom. The maximum Gasteiger partial charge on any atom is 0.107 e. The molecule has 0 N–H and O–H groups in total. The number of nitriles is 1. The summed E-state index contributed by atoms with van der Waals surface area (Å²) in [4.78, 5) is 14.5. The number of rotatable bonds is 9. The smallest absolute Gasteiger partial charge is 0.107 e. The summed E-state index contributed by atoms with van der Waals surface area (Å²) in [6.45, 7) is 5.01. The van der Waals surface area contributed by atoms with Crippen molar-refractivity contribution < 1.29 is 9.78 Å². The third-order valence-corrected chi connectivity index (χ3v) is 3.87. The maximum atomic E-state index is 9.39. The fourth-order valence-corrected chi connectivity index (χ4v) is 2.67. The molecule has 0 aliphatic heterocycles. The quantitative estimate of drug-likeness (QED) is 0.383. The first-order valence-corrected chi connectivity index (χ1v) is 8.35. The van der Waals surface area contributed by atoms with Crippen LogP contribution in [0.5, 0.6) is 0 Å². The number of aryl methyl sites for hydroxylation is 1. The lowest BCUT2D eigenvalue weighted by Crippen LogP contribution is -1.98. The van der Waals surface area contributed by atoms with Gasteiger partial charge in [-0.2, -0.15) is 5.26 Å². The molecule has 0 saturated carbocycles. The highest BCUT2D eigenvalue weighted by Gasteiger charge is 2.10. The Morgan fingerprint density at radius 2 is 2.00 bits per heavy atom. The zero-order valence-electron chi connectivity index (χ0n) is 14.0. The lowest BCUT2D eigenvalue weighted by Gasteiger charge is -2.10. The standard InChI is InChI=1S/C19H24N2O2/c1-3-5-6-7-8-17-16(12-20)13-21-19-10-9-15(11-18(17)19)14-23-22-4-2/h9-11,13H,3-8,14H2,1-2H3. The van der Waals surface area contributed by atoms with E-state index in [0.29, 0.717) is 18.8 Å². The molecule has 122 valence electrons. The summed E-state index contributed by atoms with van der Waals surface area (Å²) in [5.74, 6) is 0. The first kappa shape index (κ1) is 17.4. The largest absolute Gasteiger partial charge is 0.255 e. The van der Waals surface area contributed by atoms with E-state index in [1.165, 1.54) is 19.3 Å². The molecule has 0 fully saturated rings. The van der Waals surface area contributed by atoms with Gasteiger partial charge in [-0.15, -0.1) is 0 Å². The normalized spacial score (nSPS) is 10.8. The molecule has 4 heteroatoms. The Bertz CT molecular complexity index is 677. The number of unbranched alkanes of at least 4 members (excludes halogenated alkanes) is 3. The molecule has 2 rings (SSSR count). The number of nitrogens with zero attached hydrogens (tertiary/aromatic N) is 2. The third-order valence-electron chi connectivity index (χ3n) is 3.87. The van der Waals surface area contributed by atoms with Gasteiger partial charge in [0.05, 0.1) is 17.7 Å². The molecule has 2 aromatic rings. The fraction of sp³-hybridized carbons (Fsp3) is 0.474. The fourth-order valence-electron chi connectivity index (χ4n) is 2.67. The highest BCUT2D eigenvalue weighted by Crippen LogP contribution is 2.24. The van der Waals surface area contributed by atoms with Gasteiger partial charge in [-0.25, -0.2) is 9.78 Å². The van der Waals surface area contributed by atoms with Crippen LogP contribution in [0.1, 0.15) is 56.2 Å². The molecule has 0 saturated heterocycles. The SMILES string of the molecule is CCCCCCc1c(C#N)cnc2ccc(COOCC)cc12. The molecule has 0 unspecified atom stereocenters. The van der Waals surface area contributed by atoms with Crippen molar-refractivity contribution in [3.05, 3.63) is 41.1 Å². The minimum atomic E-state index is 0.399. The van der Waals surface area contributed by atoms with Crippen molar-refractivity contribution in [2.24, 2.45) is 0 Å². The van der Waals surface area contributed by atoms with Gasteiger partial charge in [0.15, 0.2) is 0 Å². The minimum Gasteiger partial charge on any atom is -0.255 e. The zero-order valence-corrected chi connectivity index (χ0v) is 14.0. The van der Waals surface area contributed by atoms with Crippen molar-refractivity contribution in [1.82, 2.24) is 4.98 Å². The predicted octanol–water partition coefficient (Wildman–Crippen LogP) is 4.70. The summed E-state index contributed by atoms with van der Waals surface area (Å²) in [6.07, 6.45) is 7.34. The van der Waals surface area contributed by atoms with Gasteiger partial charge in [0.2, 0.25) is 0 Å². The van der Waals surface area contributed by atoms with Gasteiger partial charge < -0.3 is 0 Å². The number of fused-ring (bicyclic) bond motifs is 1. The second-order valence-corrected chi connectivity index (χ2v) is 5.59. The second kappa shape index (κ2) is 9.24. The summed E-state index contributed by atoms with van der Waals surface area (Å²) in [5, 5.41) is 10.4. The first-order chi connectivity index (χ1) is 11.3. The van der Waals surface area contributed by atoms with E-state index in [2.05, 4.69) is 24.0 Å². The Morgan fingerprint density at radius 1 is 1.13 bits per heavy atom. The van der Waals surface area contributed by atoms with Crippen molar-refractivity contribution >= 4 is 10.9 Å². The lowest BCUT2D eigenvalue weighted by molar-refractivity contribution is -0.300. The zero-order chi connectivity index (χ0) is 16.5. The molecule has 1 aromatic heterocycles. The van der Waals surface area contributed by atoms with Gasteiger partial charge in [0.25, 0.3) is 0 Å². The van der Waals surface area contributed by atoms with Crippen LogP contribution in [0.2, 0.25) is 0 Å². The molecule has 0 spiro atoms. The highest BCUT2D eigenvalue weighted by atomic mass is 17.2. The Hall–Kier alpha value is -1.96. The van der Waals surface area contributed by atoms with Gasteiger partial charge in [0, 0.05) is 11.6 Å². The van der Waals surface area contributed by atoms with Gasteiger partial charge in [-0.05, 0) is 43.0 Å². The number of hydrogen-bond acceptors (Lipinski definition) is 4. The summed E-state index contributed by atoms with van der Waals surface area (Å²) >= 11 is 0. The number of hydrogen-bond donors (Lipinski definition) is 0. The molecule has 4 nitrogen and oxygen atoms in total. The van der Waals surface area contributed by atoms with E-state index < -0.39 is 0 Å². The molecule has 23 heavy (non-hydrogen) atoms. The maximum absolute atomic E-state index is 9.39. The first-order valence-electron chi connectivity index (χ1n) is 8.35. The van der Waals surface area contributed by atoms with Crippen LogP contribution in [0.3, 0.4) is 0 Å². The average molecular weight is 312 g/mol. The average Bonchev–Trinajstić information content (AvgIpc) is 2.58. The van der Waals surface area contributed by atoms with Crippen LogP contribution in [0.25, 0.3) is 10.9 Å². The summed E-state index contributed by atoms with van der Waals surface area (Å²) in [6, 6.07) is 8.32. The highest BCUT2D eigenvalue weighted by molar-refractivity contribution is 5.84. The van der Waals surface area contributed by atoms with Crippen LogP contribution in [0, 0.1) is 11.3 Å². The van der Waals surface area contributed by atoms with E-state index in [-0.39, 0.29) is 0 Å². The second-order valence-electron chi connectivity index (χ2n) is 5.59. The molecule has 0 amide bonds. The van der Waals surface area contributed by atoms with E-state index >= 15 is 0 Å². The van der Waals surface area contributed by atoms with Crippen LogP contribution in [-0.4, -0.2) is 11.6 Å². The van der Waals surface area contributed by atoms with Gasteiger partial charge >= 0.3 is 0 Å². The third kappa shape index (κ3) is 4.75. The van der Waals surface area contributed by atoms with Crippen LogP contribution in [-0.2, 0) is 22.8 Å². The molecule has 1 aromatic carbocycles. The van der Waals surface area contributed by atoms with Crippen molar-refractivity contribution in [1.29, 1.82) is 5.26 Å². The van der Waals surface area contributed by atoms with E-state index in [9.17, 15) is 5.26 Å². The molecule has 0 atom stereocenters. The Balaban J connectivity index is 2.27. The van der Waals surface area contributed by atoms with Crippen LogP contribution in [0.4, 0.5) is 0 Å². The number of pyridine rings is 1. The Labute approximate surface area is 138 Å². The van der Waals surface area contributed by atoms with Gasteiger partial charge in [-0.3, -0.25) is 4.98 Å². The molecule has 0 radical (unpaired) electrons. The Kier molecular flexibility index (Phi) is 6.99. The van der Waals surface area contributed by atoms with E-state index in [1.54, 1.807) is 6.20 Å². The molecule has 0 aliphatic rings. The predicted molar refractivity (Wildman–Crippen MR) is 90.7 cm³/mol. The van der Waals surface area contributed by atoms with Crippen molar-refractivity contribution in [3.63, 3.8) is 0 Å². The molecule has 0 bridgehead atoms. The summed E-state index contributed by atoms with van der Waals surface area (Å²) < 4.78 is 0. The van der Waals surface area contributed by atoms with Crippen LogP contribution < -0.4 is 0 Å². The molecular weight excluding hydrogens is 288 g/mol. The summed E-state index contributed by atoms with van der Waals surface area (Å²) in [7, 11) is 0. The molecular formula is C19H24N2O2. The summed E-state index contributed by atoms with van der Waals surface area (Å²) in [5.41, 5.74) is 3.73. The molecule has 1 heterocycles. The molecule has 0 aliphatic carbocycles. The van der Waals surface area contributed by atoms with Gasteiger partial charge in [-0.1, -0.05) is 32.3 Å². The minimum absolute atomic E-state index is 0.399. The van der Waals surface area contributed by atoms with E-state index in [0.717, 1.165) is 34.9 Å². The van der Waals surface area contributed by atoms with E-state index in [1.807, 2.05) is 19.1 Å². The van der Waals surface area contributed by atoms with E-state index in [4.69, 9.17) is 9.78 Å². The lowest BCUT2D eigenvalue weighted by atomic mass is 9.97. The van der Waals surface area contributed by atoms with Crippen LogP contribution in [0.15, 0.2) is 24.4 Å². The van der Waals surface area contributed by atoms with Gasteiger partial charge in [0.1, 0.15) is 12.7 Å². The van der Waals surface area contributed by atoms with Crippen molar-refractivity contribution in [2.45, 2.75) is 52.6 Å². The topological polar surface area (TPSA) is 55.1 Å². The monoisotopic (exact) mass is 312 g/mol. The van der Waals surface area contributed by atoms with Crippen molar-refractivity contribution in [3.8, 4) is 6.07 Å². The van der Waals surface area contributed by atoms with Crippen molar-refractivity contribution in [2.75, 3.05) is 6.61 Å². The number of benzene rings is 1.